The van der Waals surface area contributed by atoms with Gasteiger partial charge < -0.3 is 14.1 Å². The molecule has 6 rings (SSSR count). The first-order valence-corrected chi connectivity index (χ1v) is 12.7. The maximum absolute atomic E-state index is 12.5. The van der Waals surface area contributed by atoms with Gasteiger partial charge >= 0.3 is 5.97 Å². The number of benzene rings is 1. The summed E-state index contributed by atoms with van der Waals surface area (Å²) >= 11 is 3.81. The van der Waals surface area contributed by atoms with Gasteiger partial charge in [0.25, 0.3) is 0 Å². The topological polar surface area (TPSA) is 123 Å². The summed E-state index contributed by atoms with van der Waals surface area (Å²) in [6.07, 6.45) is 6.95. The molecule has 1 saturated carbocycles. The van der Waals surface area contributed by atoms with E-state index < -0.39 is 5.97 Å². The lowest BCUT2D eigenvalue weighted by atomic mass is 9.97. The van der Waals surface area contributed by atoms with Crippen molar-refractivity contribution in [2.75, 3.05) is 0 Å². The predicted molar refractivity (Wildman–Crippen MR) is 136 cm³/mol. The number of aromatic nitrogens is 6. The number of hydrogen-bond acceptors (Lipinski definition) is 6. The Morgan fingerprint density at radius 1 is 1.19 bits per heavy atom. The third kappa shape index (κ3) is 3.81. The maximum atomic E-state index is 12.5. The van der Waals surface area contributed by atoms with Crippen molar-refractivity contribution in [2.24, 2.45) is 5.92 Å². The molecule has 0 saturated heterocycles. The van der Waals surface area contributed by atoms with Crippen LogP contribution in [0.5, 0.6) is 0 Å². The standard InChI is InChI=1S/C26H23BrN6O3/c1-2-21-28-20(11-14-7-8-14)24(26(34)35)33(21)12-18-15-9-10-36-13-19(15)23(27)22(18)16-5-3-4-6-17(16)25-29-31-32-30-25/h3-6,9-10,13-14H,2,7-8,11-12H2,1H3,(H,34,35)(H,29,30,31,32). The van der Waals surface area contributed by atoms with Crippen LogP contribution in [0.4, 0.5) is 0 Å². The molecule has 0 unspecified atom stereocenters. The zero-order valence-corrected chi connectivity index (χ0v) is 21.1. The maximum Gasteiger partial charge on any atom is 0.354 e. The van der Waals surface area contributed by atoms with E-state index in [1.165, 1.54) is 0 Å². The summed E-state index contributed by atoms with van der Waals surface area (Å²) in [6, 6.07) is 9.77. The number of nitrogens with zero attached hydrogens (tertiary/aromatic N) is 5. The molecule has 0 radical (unpaired) electrons. The summed E-state index contributed by atoms with van der Waals surface area (Å²) in [4.78, 5) is 17.3. The van der Waals surface area contributed by atoms with Crippen LogP contribution >= 0.6 is 15.9 Å². The molecule has 3 aliphatic rings. The second-order valence-corrected chi connectivity index (χ2v) is 9.84. The number of carboxylic acids is 1. The molecule has 182 valence electrons. The van der Waals surface area contributed by atoms with E-state index in [4.69, 9.17) is 9.40 Å². The summed E-state index contributed by atoms with van der Waals surface area (Å²) in [5.41, 5.74) is 6.46. The van der Waals surface area contributed by atoms with Crippen LogP contribution in [0.1, 0.15) is 47.3 Å². The average molecular weight is 547 g/mol. The number of imidazole rings is 1. The summed E-state index contributed by atoms with van der Waals surface area (Å²) in [5, 5.41) is 24.9. The van der Waals surface area contributed by atoms with Gasteiger partial charge in [0.2, 0.25) is 5.82 Å². The molecule has 3 heterocycles. The minimum atomic E-state index is -0.948. The molecule has 2 aliphatic carbocycles. The van der Waals surface area contributed by atoms with Crippen molar-refractivity contribution in [2.45, 2.75) is 39.2 Å². The quantitative estimate of drug-likeness (QED) is 0.265. The lowest BCUT2D eigenvalue weighted by Crippen LogP contribution is -2.14. The van der Waals surface area contributed by atoms with Crippen LogP contribution < -0.4 is 0 Å². The Kier molecular flexibility index (Phi) is 5.67. The summed E-state index contributed by atoms with van der Waals surface area (Å²) < 4.78 is 8.24. The zero-order valence-electron chi connectivity index (χ0n) is 19.5. The molecule has 0 amide bonds. The average Bonchev–Trinajstić information content (AvgIpc) is 3.29. The molecule has 0 spiro atoms. The Morgan fingerprint density at radius 3 is 2.69 bits per heavy atom. The number of halogens is 1. The van der Waals surface area contributed by atoms with Gasteiger partial charge in [-0.25, -0.2) is 9.78 Å². The highest BCUT2D eigenvalue weighted by Crippen LogP contribution is 2.48. The molecule has 36 heavy (non-hydrogen) atoms. The van der Waals surface area contributed by atoms with Gasteiger partial charge in [-0.1, -0.05) is 31.2 Å². The largest absolute Gasteiger partial charge is 0.477 e. The molecular formula is C26H23BrN6O3. The minimum Gasteiger partial charge on any atom is -0.477 e. The van der Waals surface area contributed by atoms with Crippen molar-refractivity contribution in [1.29, 1.82) is 0 Å². The third-order valence-electron chi connectivity index (χ3n) is 6.79. The van der Waals surface area contributed by atoms with Gasteiger partial charge in [0.1, 0.15) is 5.82 Å². The molecule has 1 fully saturated rings. The minimum absolute atomic E-state index is 0.280. The van der Waals surface area contributed by atoms with Crippen molar-refractivity contribution in [3.63, 3.8) is 0 Å². The monoisotopic (exact) mass is 546 g/mol. The van der Waals surface area contributed by atoms with Crippen LogP contribution in [-0.4, -0.2) is 41.3 Å². The van der Waals surface area contributed by atoms with Crippen molar-refractivity contribution in [3.05, 3.63) is 70.1 Å². The van der Waals surface area contributed by atoms with E-state index in [-0.39, 0.29) is 5.69 Å². The highest BCUT2D eigenvalue weighted by Gasteiger charge is 2.31. The van der Waals surface area contributed by atoms with Gasteiger partial charge in [0, 0.05) is 27.6 Å². The van der Waals surface area contributed by atoms with Gasteiger partial charge in [-0.3, -0.25) is 0 Å². The Labute approximate surface area is 215 Å². The molecule has 3 aromatic rings. The van der Waals surface area contributed by atoms with Crippen molar-refractivity contribution >= 4 is 21.9 Å². The van der Waals surface area contributed by atoms with Gasteiger partial charge in [-0.2, -0.15) is 5.21 Å². The van der Waals surface area contributed by atoms with Gasteiger partial charge in [0.15, 0.2) is 5.69 Å². The number of aromatic carboxylic acids is 1. The Balaban J connectivity index is 1.57. The zero-order chi connectivity index (χ0) is 24.8. The molecule has 9 nitrogen and oxygen atoms in total. The van der Waals surface area contributed by atoms with E-state index in [0.717, 1.165) is 56.5 Å². The highest BCUT2D eigenvalue weighted by atomic mass is 79.9. The number of rotatable bonds is 8. The first-order valence-electron chi connectivity index (χ1n) is 11.9. The molecule has 10 heteroatoms. The molecular weight excluding hydrogens is 524 g/mol. The van der Waals surface area contributed by atoms with Crippen molar-refractivity contribution in [3.8, 4) is 33.6 Å². The van der Waals surface area contributed by atoms with E-state index in [9.17, 15) is 9.90 Å². The van der Waals surface area contributed by atoms with Gasteiger partial charge in [-0.05, 0) is 69.1 Å². The van der Waals surface area contributed by atoms with Gasteiger partial charge in [-0.15, -0.1) is 10.2 Å². The summed E-state index contributed by atoms with van der Waals surface area (Å²) in [6.45, 7) is 2.36. The molecule has 1 aromatic carbocycles. The molecule has 1 aliphatic heterocycles. The number of fused-ring (bicyclic) bond motifs is 1. The molecule has 0 atom stereocenters. The van der Waals surface area contributed by atoms with Crippen LogP contribution in [0.25, 0.3) is 33.6 Å². The number of carbonyl (C=O) groups is 1. The number of nitrogens with one attached hydrogen (secondary N) is 1. The lowest BCUT2D eigenvalue weighted by molar-refractivity contribution is 0.0684. The smallest absolute Gasteiger partial charge is 0.354 e. The van der Waals surface area contributed by atoms with Crippen LogP contribution in [0.15, 0.2) is 51.7 Å². The second kappa shape index (κ2) is 9.02. The van der Waals surface area contributed by atoms with E-state index >= 15 is 0 Å². The normalized spacial score (nSPS) is 13.5. The highest BCUT2D eigenvalue weighted by molar-refractivity contribution is 9.10. The third-order valence-corrected chi connectivity index (χ3v) is 7.61. The first kappa shape index (κ1) is 22.7. The number of carboxylic acid groups (broad SMARTS) is 1. The first-order chi connectivity index (χ1) is 17.6. The van der Waals surface area contributed by atoms with E-state index in [0.29, 0.717) is 36.8 Å². The van der Waals surface area contributed by atoms with E-state index in [2.05, 4.69) is 36.6 Å². The van der Waals surface area contributed by atoms with Crippen LogP contribution in [0.2, 0.25) is 0 Å². The number of aryl methyl sites for hydroxylation is 1. The van der Waals surface area contributed by atoms with Crippen LogP contribution in [-0.2, 0) is 19.4 Å². The number of H-pyrrole nitrogens is 1. The fourth-order valence-electron chi connectivity index (χ4n) is 4.95. The van der Waals surface area contributed by atoms with Crippen LogP contribution in [0.3, 0.4) is 0 Å². The number of tetrazole rings is 1. The van der Waals surface area contributed by atoms with Crippen molar-refractivity contribution < 1.29 is 14.3 Å². The van der Waals surface area contributed by atoms with Gasteiger partial charge in [0.05, 0.1) is 24.8 Å². The molecule has 2 aromatic heterocycles. The van der Waals surface area contributed by atoms with Crippen molar-refractivity contribution in [1.82, 2.24) is 30.2 Å². The lowest BCUT2D eigenvalue weighted by Gasteiger charge is -2.14. The Hall–Kier alpha value is -3.79. The Bertz CT molecular complexity index is 1530. The van der Waals surface area contributed by atoms with E-state index in [1.54, 1.807) is 12.5 Å². The predicted octanol–water partition coefficient (Wildman–Crippen LogP) is 5.45. The second-order valence-electron chi connectivity index (χ2n) is 9.05. The van der Waals surface area contributed by atoms with Crippen LogP contribution in [0, 0.1) is 5.92 Å². The number of hydrogen-bond donors (Lipinski definition) is 2. The fourth-order valence-corrected chi connectivity index (χ4v) is 5.71. The Morgan fingerprint density at radius 2 is 2.00 bits per heavy atom. The number of aromatic amines is 1. The van der Waals surface area contributed by atoms with E-state index in [1.807, 2.05) is 41.8 Å². The molecule has 2 N–H and O–H groups in total. The summed E-state index contributed by atoms with van der Waals surface area (Å²) in [7, 11) is 0. The fraction of sp³-hybridized carbons (Fsp3) is 0.269. The SMILES string of the molecule is CCc1nc(CC2CC2)c(C(=O)O)n1Cc1c2ccocc-2c(Br)c1-c1ccccc1-c1nn[nH]n1. The molecule has 0 bridgehead atoms. The summed E-state index contributed by atoms with van der Waals surface area (Å²) in [5.74, 6) is 0.834.